The summed E-state index contributed by atoms with van der Waals surface area (Å²) in [7, 11) is 0. The summed E-state index contributed by atoms with van der Waals surface area (Å²) in [6.45, 7) is 7.16. The summed E-state index contributed by atoms with van der Waals surface area (Å²) in [4.78, 5) is 25.6. The molecule has 2 aromatic heterocycles. The van der Waals surface area contributed by atoms with Crippen molar-refractivity contribution in [2.45, 2.75) is 46.7 Å². The van der Waals surface area contributed by atoms with Crippen molar-refractivity contribution in [3.8, 4) is 16.2 Å². The van der Waals surface area contributed by atoms with Gasteiger partial charge >= 0.3 is 6.09 Å². The van der Waals surface area contributed by atoms with Gasteiger partial charge < -0.3 is 19.7 Å². The zero-order valence-electron chi connectivity index (χ0n) is 17.6. The monoisotopic (exact) mass is 428 g/mol. The maximum Gasteiger partial charge on any atom is 0.404 e. The van der Waals surface area contributed by atoms with E-state index in [0.29, 0.717) is 30.0 Å². The quantitative estimate of drug-likeness (QED) is 0.451. The third kappa shape index (κ3) is 4.84. The Morgan fingerprint density at radius 1 is 1.27 bits per heavy atom. The minimum Gasteiger partial charge on any atom is -0.491 e. The molecule has 3 aromatic rings. The van der Waals surface area contributed by atoms with Crippen LogP contribution in [-0.4, -0.2) is 22.4 Å². The van der Waals surface area contributed by atoms with Gasteiger partial charge in [-0.05, 0) is 41.5 Å². The highest BCUT2D eigenvalue weighted by Crippen LogP contribution is 2.34. The van der Waals surface area contributed by atoms with E-state index in [0.717, 1.165) is 28.7 Å². The number of nitrogens with zero attached hydrogens (tertiary/aromatic N) is 1. The van der Waals surface area contributed by atoms with E-state index < -0.39 is 6.09 Å². The second-order valence-electron chi connectivity index (χ2n) is 7.68. The van der Waals surface area contributed by atoms with Crippen LogP contribution in [0.5, 0.6) is 5.75 Å². The number of rotatable bonds is 9. The Kier molecular flexibility index (Phi) is 7.15. The number of unbranched alkanes of at least 4 members (excludes halogenated alkanes) is 1. The Hall–Kier alpha value is -2.80. The number of benzene rings is 1. The highest BCUT2D eigenvalue weighted by molar-refractivity contribution is 7.13. The molecule has 0 aliphatic heterocycles. The van der Waals surface area contributed by atoms with Crippen LogP contribution in [0.3, 0.4) is 0 Å². The average Bonchev–Trinajstić information content (AvgIpc) is 3.24. The zero-order valence-corrected chi connectivity index (χ0v) is 18.4. The summed E-state index contributed by atoms with van der Waals surface area (Å²) in [5, 5.41) is 14.9. The molecule has 30 heavy (non-hydrogen) atoms. The summed E-state index contributed by atoms with van der Waals surface area (Å²) in [6, 6.07) is 9.82. The highest BCUT2D eigenvalue weighted by Gasteiger charge is 2.20. The van der Waals surface area contributed by atoms with Gasteiger partial charge in [0.2, 0.25) is 0 Å². The molecule has 7 heteroatoms. The first kappa shape index (κ1) is 21.9. The lowest BCUT2D eigenvalue weighted by Crippen LogP contribution is -2.31. The van der Waals surface area contributed by atoms with Crippen LogP contribution in [0.4, 0.5) is 4.79 Å². The molecule has 3 rings (SSSR count). The lowest BCUT2D eigenvalue weighted by molar-refractivity contribution is 0.193. The van der Waals surface area contributed by atoms with Crippen LogP contribution in [0.15, 0.2) is 40.5 Å². The summed E-state index contributed by atoms with van der Waals surface area (Å²) in [6.07, 6.45) is 0.721. The normalized spacial score (nSPS) is 11.2. The van der Waals surface area contributed by atoms with Gasteiger partial charge in [-0.1, -0.05) is 39.3 Å². The van der Waals surface area contributed by atoms with Gasteiger partial charge in [-0.3, -0.25) is 4.79 Å². The van der Waals surface area contributed by atoms with Crippen molar-refractivity contribution in [1.29, 1.82) is 0 Å². The molecule has 2 N–H and O–H groups in total. The maximum absolute atomic E-state index is 13.3. The molecule has 0 atom stereocenters. The zero-order chi connectivity index (χ0) is 21.7. The first-order chi connectivity index (χ1) is 14.4. The predicted octanol–water partition coefficient (Wildman–Crippen LogP) is 5.33. The lowest BCUT2D eigenvalue weighted by atomic mass is 10.0. The number of carboxylic acid groups (broad SMARTS) is 1. The minimum atomic E-state index is -1.13. The molecule has 0 fully saturated rings. The van der Waals surface area contributed by atoms with Gasteiger partial charge in [0.15, 0.2) is 0 Å². The fraction of sp³-hybridized carbons (Fsp3) is 0.391. The molecular formula is C23H28N2O4S. The van der Waals surface area contributed by atoms with E-state index in [9.17, 15) is 9.59 Å². The van der Waals surface area contributed by atoms with E-state index in [1.165, 1.54) is 0 Å². The van der Waals surface area contributed by atoms with E-state index in [1.807, 2.05) is 49.6 Å². The Labute approximate surface area is 180 Å². The van der Waals surface area contributed by atoms with E-state index in [2.05, 4.69) is 12.2 Å². The number of amides is 1. The van der Waals surface area contributed by atoms with Crippen LogP contribution < -0.4 is 15.6 Å². The summed E-state index contributed by atoms with van der Waals surface area (Å²) < 4.78 is 7.85. The number of ether oxygens (including phenoxy) is 1. The Balaban J connectivity index is 2.26. The van der Waals surface area contributed by atoms with Crippen molar-refractivity contribution in [2.24, 2.45) is 5.92 Å². The molecule has 0 radical (unpaired) electrons. The fourth-order valence-corrected chi connectivity index (χ4v) is 4.16. The lowest BCUT2D eigenvalue weighted by Gasteiger charge is -2.21. The molecule has 2 heterocycles. The number of fused-ring (bicyclic) bond motifs is 1. The third-order valence-electron chi connectivity index (χ3n) is 4.83. The standard InChI is InChI=1S/C23H28N2O4S/c1-4-5-10-29-21-18-12-16(20-7-6-11-30-20)8-9-17(18)22(26)25(14-15(2)3)19(21)13-24-23(27)28/h6-9,11-12,15,24H,4-5,10,13-14H2,1-3H3,(H,27,28). The molecule has 0 saturated heterocycles. The summed E-state index contributed by atoms with van der Waals surface area (Å²) >= 11 is 1.63. The molecular weight excluding hydrogens is 400 g/mol. The second kappa shape index (κ2) is 9.80. The van der Waals surface area contributed by atoms with Crippen molar-refractivity contribution in [2.75, 3.05) is 6.61 Å². The first-order valence-electron chi connectivity index (χ1n) is 10.2. The molecule has 0 unspecified atom stereocenters. The van der Waals surface area contributed by atoms with Crippen molar-refractivity contribution >= 4 is 28.2 Å². The van der Waals surface area contributed by atoms with Crippen LogP contribution in [-0.2, 0) is 13.1 Å². The molecule has 6 nitrogen and oxygen atoms in total. The highest BCUT2D eigenvalue weighted by atomic mass is 32.1. The molecule has 0 aliphatic rings. The van der Waals surface area contributed by atoms with E-state index >= 15 is 0 Å². The van der Waals surface area contributed by atoms with E-state index in [4.69, 9.17) is 9.84 Å². The number of carbonyl (C=O) groups is 1. The molecule has 0 spiro atoms. The number of hydrogen-bond donors (Lipinski definition) is 2. The van der Waals surface area contributed by atoms with Crippen molar-refractivity contribution in [3.05, 3.63) is 51.8 Å². The van der Waals surface area contributed by atoms with Crippen molar-refractivity contribution < 1.29 is 14.6 Å². The SMILES string of the molecule is CCCCOc1c(CNC(=O)O)n(CC(C)C)c(=O)c2ccc(-c3cccs3)cc12. The maximum atomic E-state index is 13.3. The Bertz CT molecular complexity index is 1070. The fourth-order valence-electron chi connectivity index (χ4n) is 3.43. The topological polar surface area (TPSA) is 80.6 Å². The minimum absolute atomic E-state index is 0.0118. The molecule has 1 aromatic carbocycles. The van der Waals surface area contributed by atoms with Crippen LogP contribution >= 0.6 is 11.3 Å². The van der Waals surface area contributed by atoms with E-state index in [1.54, 1.807) is 15.9 Å². The molecule has 0 bridgehead atoms. The Morgan fingerprint density at radius 2 is 2.07 bits per heavy atom. The number of hydrogen-bond acceptors (Lipinski definition) is 4. The van der Waals surface area contributed by atoms with Crippen LogP contribution in [0.25, 0.3) is 21.2 Å². The molecule has 0 saturated carbocycles. The van der Waals surface area contributed by atoms with E-state index in [-0.39, 0.29) is 18.0 Å². The van der Waals surface area contributed by atoms with Crippen molar-refractivity contribution in [1.82, 2.24) is 9.88 Å². The van der Waals surface area contributed by atoms with Gasteiger partial charge in [0, 0.05) is 16.8 Å². The summed E-state index contributed by atoms with van der Waals surface area (Å²) in [5.41, 5.74) is 1.46. The van der Waals surface area contributed by atoms with Gasteiger partial charge in [0.1, 0.15) is 5.75 Å². The molecule has 160 valence electrons. The summed E-state index contributed by atoms with van der Waals surface area (Å²) in [5.74, 6) is 0.809. The number of nitrogens with one attached hydrogen (secondary N) is 1. The van der Waals surface area contributed by atoms with Crippen LogP contribution in [0.2, 0.25) is 0 Å². The third-order valence-corrected chi connectivity index (χ3v) is 5.75. The molecule has 0 aliphatic carbocycles. The van der Waals surface area contributed by atoms with Gasteiger partial charge in [0.05, 0.1) is 24.2 Å². The first-order valence-corrected chi connectivity index (χ1v) is 11.1. The average molecular weight is 429 g/mol. The van der Waals surface area contributed by atoms with Gasteiger partial charge in [-0.25, -0.2) is 4.79 Å². The largest absolute Gasteiger partial charge is 0.491 e. The molecule has 1 amide bonds. The number of aromatic nitrogens is 1. The number of thiophene rings is 1. The van der Waals surface area contributed by atoms with Crippen LogP contribution in [0.1, 0.15) is 39.3 Å². The van der Waals surface area contributed by atoms with Gasteiger partial charge in [-0.15, -0.1) is 11.3 Å². The van der Waals surface area contributed by atoms with Gasteiger partial charge in [0.25, 0.3) is 5.56 Å². The second-order valence-corrected chi connectivity index (χ2v) is 8.63. The van der Waals surface area contributed by atoms with Crippen molar-refractivity contribution in [3.63, 3.8) is 0 Å². The smallest absolute Gasteiger partial charge is 0.404 e. The Morgan fingerprint density at radius 3 is 2.70 bits per heavy atom. The van der Waals surface area contributed by atoms with Crippen LogP contribution in [0, 0.1) is 5.92 Å². The number of pyridine rings is 1. The van der Waals surface area contributed by atoms with Gasteiger partial charge in [-0.2, -0.15) is 0 Å². The predicted molar refractivity (Wildman–Crippen MR) is 122 cm³/mol.